The summed E-state index contributed by atoms with van der Waals surface area (Å²) in [4.78, 5) is 26.2. The lowest BCUT2D eigenvalue weighted by Gasteiger charge is -2.39. The molecule has 0 fully saturated rings. The van der Waals surface area contributed by atoms with Gasteiger partial charge in [-0.1, -0.05) is 65.3 Å². The zero-order chi connectivity index (χ0) is 30.5. The van der Waals surface area contributed by atoms with E-state index in [1.807, 2.05) is 66.7 Å². The molecule has 0 bridgehead atoms. The van der Waals surface area contributed by atoms with E-state index in [1.54, 1.807) is 0 Å². The Morgan fingerprint density at radius 3 is 1.95 bits per heavy atom. The molecule has 1 aromatic carbocycles. The molecule has 0 aliphatic rings. The van der Waals surface area contributed by atoms with Crippen molar-refractivity contribution >= 4 is 20.3 Å². The van der Waals surface area contributed by atoms with Gasteiger partial charge < -0.3 is 13.9 Å². The third-order valence-corrected chi connectivity index (χ3v) is 12.5. The fourth-order valence-corrected chi connectivity index (χ4v) is 5.46. The van der Waals surface area contributed by atoms with Gasteiger partial charge in [0.2, 0.25) is 0 Å². The summed E-state index contributed by atoms with van der Waals surface area (Å²) in [6, 6.07) is 8.07. The van der Waals surface area contributed by atoms with Gasteiger partial charge in [0.1, 0.15) is 5.60 Å². The van der Waals surface area contributed by atoms with Crippen LogP contribution in [-0.4, -0.2) is 39.1 Å². The van der Waals surface area contributed by atoms with Crippen molar-refractivity contribution in [2.75, 3.05) is 13.2 Å². The van der Waals surface area contributed by atoms with Crippen LogP contribution in [0.4, 0.5) is 0 Å². The molecule has 0 aromatic heterocycles. The van der Waals surface area contributed by atoms with Gasteiger partial charge >= 0.3 is 11.9 Å². The Morgan fingerprint density at radius 1 is 0.846 bits per heavy atom. The van der Waals surface area contributed by atoms with Gasteiger partial charge in [0.25, 0.3) is 0 Å². The second-order valence-electron chi connectivity index (χ2n) is 15.4. The SMILES string of the molecule is CCOC(=O)C(C)(C)Cc1cccc(C(C)(CCCC(C)(C)CO[Si](C)(C)C(C)(C)C)C(=O)OC(C)(C)C)c1. The lowest BCUT2D eigenvalue weighted by Crippen LogP contribution is -2.43. The van der Waals surface area contributed by atoms with Crippen molar-refractivity contribution < 1.29 is 23.5 Å². The van der Waals surface area contributed by atoms with Crippen molar-refractivity contribution in [1.29, 1.82) is 0 Å². The molecule has 1 unspecified atom stereocenters. The molecule has 0 aliphatic carbocycles. The van der Waals surface area contributed by atoms with Crippen molar-refractivity contribution in [2.24, 2.45) is 10.8 Å². The summed E-state index contributed by atoms with van der Waals surface area (Å²) in [5, 5.41) is 0.172. The Labute approximate surface area is 240 Å². The minimum atomic E-state index is -1.83. The second kappa shape index (κ2) is 12.9. The van der Waals surface area contributed by atoms with E-state index in [9.17, 15) is 9.59 Å². The number of carbonyl (C=O) groups excluding carboxylic acids is 2. The van der Waals surface area contributed by atoms with Crippen LogP contribution in [0.1, 0.15) is 113 Å². The van der Waals surface area contributed by atoms with Crippen molar-refractivity contribution in [3.63, 3.8) is 0 Å². The summed E-state index contributed by atoms with van der Waals surface area (Å²) < 4.78 is 17.8. The summed E-state index contributed by atoms with van der Waals surface area (Å²) in [7, 11) is -1.83. The molecule has 1 rings (SSSR count). The fourth-order valence-electron chi connectivity index (χ4n) is 4.27. The van der Waals surface area contributed by atoms with Crippen LogP contribution in [0, 0.1) is 10.8 Å². The first-order valence-electron chi connectivity index (χ1n) is 14.6. The third kappa shape index (κ3) is 10.7. The highest BCUT2D eigenvalue weighted by atomic mass is 28.4. The maximum atomic E-state index is 13.7. The third-order valence-electron chi connectivity index (χ3n) is 8.05. The van der Waals surface area contributed by atoms with E-state index in [0.717, 1.165) is 24.0 Å². The monoisotopic (exact) mass is 562 g/mol. The molecule has 0 amide bonds. The summed E-state index contributed by atoms with van der Waals surface area (Å²) in [6.07, 6.45) is 3.00. The molecule has 0 N–H and O–H groups in total. The van der Waals surface area contributed by atoms with E-state index in [1.165, 1.54) is 0 Å². The molecule has 5 nitrogen and oxygen atoms in total. The highest BCUT2D eigenvalue weighted by Crippen LogP contribution is 2.40. The number of ether oxygens (including phenoxy) is 2. The molecule has 0 saturated heterocycles. The highest BCUT2D eigenvalue weighted by molar-refractivity contribution is 6.74. The van der Waals surface area contributed by atoms with Crippen molar-refractivity contribution in [3.05, 3.63) is 35.4 Å². The predicted molar refractivity (Wildman–Crippen MR) is 165 cm³/mol. The standard InChI is InChI=1S/C33H58O5Si/c1-15-36-27(34)32(10,11)23-25-18-16-19-26(22-25)33(12,28(35)38-29(2,3)4)21-17-20-31(8,9)24-37-39(13,14)30(5,6)7/h16,18-19,22H,15,17,20-21,23-24H2,1-14H3. The van der Waals surface area contributed by atoms with Gasteiger partial charge in [-0.2, -0.15) is 0 Å². The van der Waals surface area contributed by atoms with Crippen molar-refractivity contribution in [1.82, 2.24) is 0 Å². The average molecular weight is 563 g/mol. The fraction of sp³-hybridized carbons (Fsp3) is 0.758. The maximum Gasteiger partial charge on any atom is 0.316 e. The van der Waals surface area contributed by atoms with Gasteiger partial charge in [-0.25, -0.2) is 0 Å². The van der Waals surface area contributed by atoms with E-state index in [-0.39, 0.29) is 22.4 Å². The topological polar surface area (TPSA) is 61.8 Å². The molecule has 0 saturated carbocycles. The van der Waals surface area contributed by atoms with E-state index in [4.69, 9.17) is 13.9 Å². The predicted octanol–water partition coefficient (Wildman–Crippen LogP) is 8.64. The van der Waals surface area contributed by atoms with Crippen LogP contribution in [0.2, 0.25) is 18.1 Å². The van der Waals surface area contributed by atoms with Crippen LogP contribution in [0.5, 0.6) is 0 Å². The summed E-state index contributed by atoms with van der Waals surface area (Å²) in [5.41, 5.74) is -0.139. The van der Waals surface area contributed by atoms with Crippen LogP contribution in [0.25, 0.3) is 0 Å². The van der Waals surface area contributed by atoms with Gasteiger partial charge in [0, 0.05) is 6.61 Å². The molecule has 0 radical (unpaired) electrons. The quantitative estimate of drug-likeness (QED) is 0.178. The van der Waals surface area contributed by atoms with Crippen LogP contribution < -0.4 is 0 Å². The first-order valence-corrected chi connectivity index (χ1v) is 17.5. The first kappa shape index (κ1) is 35.4. The Kier molecular flexibility index (Phi) is 11.7. The molecule has 0 heterocycles. The molecule has 6 heteroatoms. The molecule has 0 aliphatic heterocycles. The Hall–Kier alpha value is -1.66. The molecular weight excluding hydrogens is 504 g/mol. The normalized spacial score (nSPS) is 15.0. The first-order chi connectivity index (χ1) is 17.5. The minimum absolute atomic E-state index is 0.00409. The lowest BCUT2D eigenvalue weighted by molar-refractivity contribution is -0.162. The van der Waals surface area contributed by atoms with Crippen molar-refractivity contribution in [2.45, 2.75) is 138 Å². The molecule has 1 aromatic rings. The number of esters is 2. The van der Waals surface area contributed by atoms with Crippen LogP contribution in [0.3, 0.4) is 0 Å². The van der Waals surface area contributed by atoms with Gasteiger partial charge in [-0.15, -0.1) is 0 Å². The molecular formula is C33H58O5Si. The molecule has 39 heavy (non-hydrogen) atoms. The van der Waals surface area contributed by atoms with Crippen molar-refractivity contribution in [3.8, 4) is 0 Å². The van der Waals surface area contributed by atoms with E-state index in [2.05, 4.69) is 53.8 Å². The Morgan fingerprint density at radius 2 is 1.44 bits per heavy atom. The maximum absolute atomic E-state index is 13.7. The van der Waals surface area contributed by atoms with Gasteiger partial charge in [0.05, 0.1) is 17.4 Å². The number of benzene rings is 1. The smallest absolute Gasteiger partial charge is 0.316 e. The summed E-state index contributed by atoms with van der Waals surface area (Å²) in [6.45, 7) is 30.3. The molecule has 0 spiro atoms. The number of rotatable bonds is 13. The van der Waals surface area contributed by atoms with E-state index >= 15 is 0 Å². The zero-order valence-electron chi connectivity index (χ0n) is 27.6. The molecule has 1 atom stereocenters. The molecule has 224 valence electrons. The average Bonchev–Trinajstić information content (AvgIpc) is 2.75. The lowest BCUT2D eigenvalue weighted by atomic mass is 9.75. The Bertz CT molecular complexity index is 965. The van der Waals surface area contributed by atoms with Gasteiger partial charge in [0.15, 0.2) is 8.32 Å². The summed E-state index contributed by atoms with van der Waals surface area (Å²) in [5.74, 6) is -0.431. The van der Waals surface area contributed by atoms with Gasteiger partial charge in [-0.05, 0) is 102 Å². The van der Waals surface area contributed by atoms with Crippen LogP contribution >= 0.6 is 0 Å². The zero-order valence-corrected chi connectivity index (χ0v) is 28.6. The Balaban J connectivity index is 3.18. The number of hydrogen-bond donors (Lipinski definition) is 0. The van der Waals surface area contributed by atoms with Crippen LogP contribution in [0.15, 0.2) is 24.3 Å². The minimum Gasteiger partial charge on any atom is -0.466 e. The number of carbonyl (C=O) groups is 2. The highest BCUT2D eigenvalue weighted by Gasteiger charge is 2.41. The van der Waals surface area contributed by atoms with E-state index in [0.29, 0.717) is 26.1 Å². The largest absolute Gasteiger partial charge is 0.466 e. The van der Waals surface area contributed by atoms with Crippen LogP contribution in [-0.2, 0) is 35.3 Å². The second-order valence-corrected chi connectivity index (χ2v) is 20.2. The summed E-state index contributed by atoms with van der Waals surface area (Å²) >= 11 is 0. The van der Waals surface area contributed by atoms with E-state index < -0.39 is 24.7 Å². The number of hydrogen-bond acceptors (Lipinski definition) is 5. The van der Waals surface area contributed by atoms with Gasteiger partial charge in [-0.3, -0.25) is 9.59 Å².